The Balaban J connectivity index is 1.97. The molecule has 0 unspecified atom stereocenters. The predicted octanol–water partition coefficient (Wildman–Crippen LogP) is 1.22. The van der Waals surface area contributed by atoms with Gasteiger partial charge in [-0.1, -0.05) is 0 Å². The van der Waals surface area contributed by atoms with Crippen LogP contribution in [0.25, 0.3) is 0 Å². The van der Waals surface area contributed by atoms with Crippen molar-refractivity contribution in [2.24, 2.45) is 11.7 Å². The molecule has 0 radical (unpaired) electrons. The highest BCUT2D eigenvalue weighted by Gasteiger charge is 2.29. The number of hydrogen-bond donors (Lipinski definition) is 1. The summed E-state index contributed by atoms with van der Waals surface area (Å²) in [5.41, 5.74) is 5.39. The number of likely N-dealkylation sites (tertiary alicyclic amines) is 1. The minimum atomic E-state index is -4.00. The summed E-state index contributed by atoms with van der Waals surface area (Å²) in [4.78, 5) is 2.02. The Morgan fingerprint density at radius 3 is 2.38 bits per heavy atom. The summed E-state index contributed by atoms with van der Waals surface area (Å²) in [6.07, 6.45) is -4.46. The van der Waals surface area contributed by atoms with E-state index in [1.54, 1.807) is 0 Å². The molecule has 1 rings (SSSR count). The zero-order valence-electron chi connectivity index (χ0n) is 7.48. The van der Waals surface area contributed by atoms with Gasteiger partial charge in [-0.05, 0) is 25.4 Å². The molecule has 2 N–H and O–H groups in total. The number of rotatable bonds is 4. The Kier molecular flexibility index (Phi) is 3.55. The highest BCUT2D eigenvalue weighted by atomic mass is 19.4. The van der Waals surface area contributed by atoms with Gasteiger partial charge in [-0.2, -0.15) is 13.2 Å². The average Bonchev–Trinajstić information content (AvgIpc) is 1.91. The van der Waals surface area contributed by atoms with Gasteiger partial charge in [-0.3, -0.25) is 0 Å². The maximum absolute atomic E-state index is 11.7. The minimum Gasteiger partial charge on any atom is -0.330 e. The molecular weight excluding hydrogens is 181 g/mol. The topological polar surface area (TPSA) is 29.3 Å². The van der Waals surface area contributed by atoms with Gasteiger partial charge in [-0.15, -0.1) is 0 Å². The van der Waals surface area contributed by atoms with Crippen LogP contribution in [0.5, 0.6) is 0 Å². The number of hydrogen-bond acceptors (Lipinski definition) is 2. The highest BCUT2D eigenvalue weighted by Crippen LogP contribution is 2.22. The second kappa shape index (κ2) is 4.28. The number of halogens is 3. The first-order valence-electron chi connectivity index (χ1n) is 4.50. The molecule has 0 aromatic rings. The fourth-order valence-electron chi connectivity index (χ4n) is 1.51. The molecule has 0 saturated carbocycles. The molecular formula is C8H15F3N2. The number of alkyl halides is 3. The molecule has 0 spiro atoms. The lowest BCUT2D eigenvalue weighted by Gasteiger charge is -2.38. The zero-order valence-corrected chi connectivity index (χ0v) is 7.48. The van der Waals surface area contributed by atoms with Gasteiger partial charge < -0.3 is 10.6 Å². The number of nitrogens with two attached hydrogens (primary N) is 1. The second-order valence-corrected chi connectivity index (χ2v) is 3.58. The van der Waals surface area contributed by atoms with Crippen LogP contribution in [-0.4, -0.2) is 37.3 Å². The van der Waals surface area contributed by atoms with Crippen molar-refractivity contribution in [3.8, 4) is 0 Å². The molecule has 5 heteroatoms. The van der Waals surface area contributed by atoms with Crippen molar-refractivity contribution in [2.75, 3.05) is 26.2 Å². The molecule has 1 fully saturated rings. The zero-order chi connectivity index (χ0) is 9.90. The molecule has 0 atom stereocenters. The van der Waals surface area contributed by atoms with E-state index in [1.165, 1.54) is 0 Å². The van der Waals surface area contributed by atoms with Crippen molar-refractivity contribution in [3.63, 3.8) is 0 Å². The molecule has 0 aliphatic carbocycles. The summed E-state index contributed by atoms with van der Waals surface area (Å²) in [5.74, 6) is 0.505. The summed E-state index contributed by atoms with van der Waals surface area (Å²) in [6, 6.07) is 0. The van der Waals surface area contributed by atoms with E-state index in [-0.39, 0.29) is 6.42 Å². The van der Waals surface area contributed by atoms with E-state index in [1.807, 2.05) is 4.90 Å². The lowest BCUT2D eigenvalue weighted by atomic mass is 10.0. The van der Waals surface area contributed by atoms with E-state index in [0.717, 1.165) is 13.1 Å². The normalized spacial score (nSPS) is 20.3. The third kappa shape index (κ3) is 3.95. The quantitative estimate of drug-likeness (QED) is 0.732. The smallest absolute Gasteiger partial charge is 0.330 e. The van der Waals surface area contributed by atoms with E-state index < -0.39 is 12.6 Å². The summed E-state index contributed by atoms with van der Waals surface area (Å²) in [5, 5.41) is 0. The van der Waals surface area contributed by atoms with Crippen molar-refractivity contribution < 1.29 is 13.2 Å². The summed E-state index contributed by atoms with van der Waals surface area (Å²) < 4.78 is 35.2. The molecule has 1 aliphatic heterocycles. The van der Waals surface area contributed by atoms with Crippen molar-refractivity contribution in [3.05, 3.63) is 0 Å². The fraction of sp³-hybridized carbons (Fsp3) is 1.00. The Labute approximate surface area is 75.9 Å². The molecule has 0 aromatic heterocycles. The van der Waals surface area contributed by atoms with Crippen molar-refractivity contribution in [1.29, 1.82) is 0 Å². The standard InChI is InChI=1S/C8H15F3N2/c9-8(10,11)2-1-3-13-5-7(4-12)6-13/h7H,1-6,12H2. The Morgan fingerprint density at radius 1 is 1.31 bits per heavy atom. The van der Waals surface area contributed by atoms with Crippen LogP contribution in [0.1, 0.15) is 12.8 Å². The van der Waals surface area contributed by atoms with Crippen LogP contribution in [0.15, 0.2) is 0 Å². The van der Waals surface area contributed by atoms with Gasteiger partial charge >= 0.3 is 6.18 Å². The van der Waals surface area contributed by atoms with Crippen molar-refractivity contribution >= 4 is 0 Å². The van der Waals surface area contributed by atoms with E-state index in [2.05, 4.69) is 0 Å². The lowest BCUT2D eigenvalue weighted by molar-refractivity contribution is -0.136. The van der Waals surface area contributed by atoms with Crippen LogP contribution in [0, 0.1) is 5.92 Å². The van der Waals surface area contributed by atoms with E-state index in [9.17, 15) is 13.2 Å². The molecule has 0 bridgehead atoms. The van der Waals surface area contributed by atoms with Crippen LogP contribution in [0.3, 0.4) is 0 Å². The summed E-state index contributed by atoms with van der Waals surface area (Å²) in [7, 11) is 0. The van der Waals surface area contributed by atoms with Gasteiger partial charge in [-0.25, -0.2) is 0 Å². The van der Waals surface area contributed by atoms with Gasteiger partial charge in [0.25, 0.3) is 0 Å². The molecule has 0 amide bonds. The highest BCUT2D eigenvalue weighted by molar-refractivity contribution is 4.79. The molecule has 1 aliphatic rings. The first kappa shape index (κ1) is 10.8. The van der Waals surface area contributed by atoms with E-state index in [0.29, 0.717) is 19.0 Å². The first-order chi connectivity index (χ1) is 6.01. The Bertz CT molecular complexity index is 152. The predicted molar refractivity (Wildman–Crippen MR) is 44.3 cm³/mol. The SMILES string of the molecule is NCC1CN(CCCC(F)(F)F)C1. The van der Waals surface area contributed by atoms with Crippen LogP contribution < -0.4 is 5.73 Å². The Hall–Kier alpha value is -0.290. The maximum atomic E-state index is 11.7. The van der Waals surface area contributed by atoms with Gasteiger partial charge in [0.1, 0.15) is 0 Å². The maximum Gasteiger partial charge on any atom is 0.389 e. The number of nitrogens with zero attached hydrogens (tertiary/aromatic N) is 1. The summed E-state index contributed by atoms with van der Waals surface area (Å²) in [6.45, 7) is 2.94. The van der Waals surface area contributed by atoms with E-state index >= 15 is 0 Å². The Morgan fingerprint density at radius 2 is 1.92 bits per heavy atom. The monoisotopic (exact) mass is 196 g/mol. The van der Waals surface area contributed by atoms with Gasteiger partial charge in [0.15, 0.2) is 0 Å². The van der Waals surface area contributed by atoms with E-state index in [4.69, 9.17) is 5.73 Å². The van der Waals surface area contributed by atoms with Crippen molar-refractivity contribution in [1.82, 2.24) is 4.90 Å². The van der Waals surface area contributed by atoms with Crippen LogP contribution >= 0.6 is 0 Å². The molecule has 1 heterocycles. The fourth-order valence-corrected chi connectivity index (χ4v) is 1.51. The summed E-state index contributed by atoms with van der Waals surface area (Å²) >= 11 is 0. The molecule has 0 aromatic carbocycles. The second-order valence-electron chi connectivity index (χ2n) is 3.58. The van der Waals surface area contributed by atoms with Gasteiger partial charge in [0.2, 0.25) is 0 Å². The van der Waals surface area contributed by atoms with Gasteiger partial charge in [0, 0.05) is 19.5 Å². The largest absolute Gasteiger partial charge is 0.389 e. The third-order valence-corrected chi connectivity index (χ3v) is 2.30. The van der Waals surface area contributed by atoms with Gasteiger partial charge in [0.05, 0.1) is 0 Å². The average molecular weight is 196 g/mol. The third-order valence-electron chi connectivity index (χ3n) is 2.30. The molecule has 13 heavy (non-hydrogen) atoms. The van der Waals surface area contributed by atoms with Crippen molar-refractivity contribution in [2.45, 2.75) is 19.0 Å². The molecule has 1 saturated heterocycles. The van der Waals surface area contributed by atoms with Crippen LogP contribution in [-0.2, 0) is 0 Å². The molecule has 78 valence electrons. The first-order valence-corrected chi connectivity index (χ1v) is 4.50. The van der Waals surface area contributed by atoms with Crippen LogP contribution in [0.2, 0.25) is 0 Å². The van der Waals surface area contributed by atoms with Crippen LogP contribution in [0.4, 0.5) is 13.2 Å². The minimum absolute atomic E-state index is 0.209. The molecule has 2 nitrogen and oxygen atoms in total. The lowest BCUT2D eigenvalue weighted by Crippen LogP contribution is -2.50.